The number of carbonyl (C=O) groups is 1. The Balaban J connectivity index is 2.98. The van der Waals surface area contributed by atoms with E-state index in [0.717, 1.165) is 0 Å². The Bertz CT molecular complexity index is 538. The topological polar surface area (TPSA) is 77.2 Å². The molecule has 0 aliphatic carbocycles. The van der Waals surface area contributed by atoms with E-state index in [9.17, 15) is 13.2 Å². The van der Waals surface area contributed by atoms with Gasteiger partial charge in [0.1, 0.15) is 0 Å². The van der Waals surface area contributed by atoms with Crippen molar-refractivity contribution >= 4 is 32.9 Å². The third-order valence-electron chi connectivity index (χ3n) is 2.28. The van der Waals surface area contributed by atoms with E-state index in [1.165, 1.54) is 6.08 Å². The van der Waals surface area contributed by atoms with Crippen molar-refractivity contribution in [3.8, 4) is 0 Å². The fourth-order valence-electron chi connectivity index (χ4n) is 1.39. The molecule has 0 unspecified atom stereocenters. The van der Waals surface area contributed by atoms with Crippen molar-refractivity contribution in [3.63, 3.8) is 0 Å². The van der Waals surface area contributed by atoms with Crippen LogP contribution in [-0.4, -0.2) is 31.7 Å². The molecule has 6 heteroatoms. The maximum absolute atomic E-state index is 11.5. The number of amides is 1. The van der Waals surface area contributed by atoms with Gasteiger partial charge in [0.05, 0.1) is 11.5 Å². The van der Waals surface area contributed by atoms with E-state index < -0.39 is 15.7 Å². The average Bonchev–Trinajstić information content (AvgIpc) is 2.30. The van der Waals surface area contributed by atoms with Gasteiger partial charge in [-0.15, -0.1) is 11.6 Å². The number of hydrogen-bond donors (Lipinski definition) is 1. The molecule has 1 rings (SSSR count). The Morgan fingerprint density at radius 2 is 1.89 bits per heavy atom. The summed E-state index contributed by atoms with van der Waals surface area (Å²) in [6.45, 7) is 0. The van der Waals surface area contributed by atoms with Crippen molar-refractivity contribution in [2.75, 3.05) is 17.4 Å². The third kappa shape index (κ3) is 4.50. The Morgan fingerprint density at radius 1 is 1.28 bits per heavy atom. The van der Waals surface area contributed by atoms with Gasteiger partial charge in [0.15, 0.2) is 9.84 Å². The lowest BCUT2D eigenvalue weighted by Crippen LogP contribution is -2.16. The molecule has 2 N–H and O–H groups in total. The molecule has 1 amide bonds. The molecule has 0 spiro atoms. The summed E-state index contributed by atoms with van der Waals surface area (Å²) < 4.78 is 23.0. The molecule has 18 heavy (non-hydrogen) atoms. The summed E-state index contributed by atoms with van der Waals surface area (Å²) in [6, 6.07) is 8.70. The summed E-state index contributed by atoms with van der Waals surface area (Å²) in [4.78, 5) is 11.3. The second kappa shape index (κ2) is 6.56. The minimum Gasteiger partial charge on any atom is -0.366 e. The van der Waals surface area contributed by atoms with Gasteiger partial charge in [-0.1, -0.05) is 36.4 Å². The van der Waals surface area contributed by atoms with Crippen LogP contribution >= 0.6 is 11.6 Å². The average molecular weight is 288 g/mol. The zero-order valence-electron chi connectivity index (χ0n) is 9.67. The van der Waals surface area contributed by atoms with Gasteiger partial charge < -0.3 is 5.73 Å². The van der Waals surface area contributed by atoms with Gasteiger partial charge in [0.2, 0.25) is 5.91 Å². The van der Waals surface area contributed by atoms with E-state index in [0.29, 0.717) is 5.56 Å². The van der Waals surface area contributed by atoms with Gasteiger partial charge in [0, 0.05) is 11.5 Å². The number of benzene rings is 1. The number of alkyl halides is 1. The molecule has 1 aromatic carbocycles. The highest BCUT2D eigenvalue weighted by Crippen LogP contribution is 2.13. The van der Waals surface area contributed by atoms with Crippen LogP contribution in [0.15, 0.2) is 36.4 Å². The predicted molar refractivity (Wildman–Crippen MR) is 73.0 cm³/mol. The van der Waals surface area contributed by atoms with Crippen molar-refractivity contribution < 1.29 is 13.2 Å². The molecule has 0 aromatic heterocycles. The van der Waals surface area contributed by atoms with Crippen LogP contribution in [0, 0.1) is 0 Å². The second-order valence-corrected chi connectivity index (χ2v) is 6.26. The zero-order chi connectivity index (χ0) is 13.6. The molecule has 0 aliphatic heterocycles. The van der Waals surface area contributed by atoms with Crippen molar-refractivity contribution in [1.82, 2.24) is 0 Å². The SMILES string of the molecule is NC(=O)C(=CCS(=O)(=O)CCCl)c1ccccc1. The Morgan fingerprint density at radius 3 is 2.39 bits per heavy atom. The number of sulfone groups is 1. The van der Waals surface area contributed by atoms with Crippen molar-refractivity contribution in [2.45, 2.75) is 0 Å². The molecule has 0 atom stereocenters. The molecule has 98 valence electrons. The summed E-state index contributed by atoms with van der Waals surface area (Å²) in [6.07, 6.45) is 1.33. The van der Waals surface area contributed by atoms with E-state index in [2.05, 4.69) is 0 Å². The lowest BCUT2D eigenvalue weighted by Gasteiger charge is -2.04. The Kier molecular flexibility index (Phi) is 5.37. The highest BCUT2D eigenvalue weighted by atomic mass is 35.5. The fourth-order valence-corrected chi connectivity index (χ4v) is 2.92. The highest BCUT2D eigenvalue weighted by molar-refractivity contribution is 7.91. The predicted octanol–water partition coefficient (Wildman–Crippen LogP) is 1.21. The first-order valence-electron chi connectivity index (χ1n) is 5.28. The standard InChI is InChI=1S/C12H14ClNO3S/c13-7-9-18(16,17)8-6-11(12(14)15)10-4-2-1-3-5-10/h1-6H,7-9H2,(H2,14,15). The molecular formula is C12H14ClNO3S. The van der Waals surface area contributed by atoms with Crippen LogP contribution in [0.3, 0.4) is 0 Å². The molecule has 0 bridgehead atoms. The number of primary amides is 1. The first-order valence-corrected chi connectivity index (χ1v) is 7.63. The molecule has 0 heterocycles. The minimum absolute atomic E-state index is 0.0351. The van der Waals surface area contributed by atoms with E-state index in [-0.39, 0.29) is 23.0 Å². The normalized spacial score (nSPS) is 12.4. The van der Waals surface area contributed by atoms with Crippen LogP contribution in [0.25, 0.3) is 5.57 Å². The number of halogens is 1. The van der Waals surface area contributed by atoms with Gasteiger partial charge in [-0.25, -0.2) is 8.42 Å². The largest absolute Gasteiger partial charge is 0.366 e. The van der Waals surface area contributed by atoms with E-state index in [4.69, 9.17) is 17.3 Å². The third-order valence-corrected chi connectivity index (χ3v) is 4.19. The molecule has 0 aliphatic rings. The summed E-state index contributed by atoms with van der Waals surface area (Å²) in [5.74, 6) is -0.978. The molecule has 1 aromatic rings. The van der Waals surface area contributed by atoms with E-state index in [1.807, 2.05) is 0 Å². The summed E-state index contributed by atoms with van der Waals surface area (Å²) in [7, 11) is -3.28. The molecule has 0 saturated carbocycles. The van der Waals surface area contributed by atoms with Crippen LogP contribution in [0.1, 0.15) is 5.56 Å². The summed E-state index contributed by atoms with van der Waals surface area (Å²) in [5, 5.41) is 0. The Hall–Kier alpha value is -1.33. The smallest absolute Gasteiger partial charge is 0.249 e. The van der Waals surface area contributed by atoms with Crippen molar-refractivity contribution in [2.24, 2.45) is 5.73 Å². The van der Waals surface area contributed by atoms with Crippen LogP contribution in [-0.2, 0) is 14.6 Å². The van der Waals surface area contributed by atoms with Gasteiger partial charge in [-0.2, -0.15) is 0 Å². The lowest BCUT2D eigenvalue weighted by molar-refractivity contribution is -0.112. The molecule has 0 saturated heterocycles. The number of hydrogen-bond acceptors (Lipinski definition) is 3. The zero-order valence-corrected chi connectivity index (χ0v) is 11.2. The highest BCUT2D eigenvalue weighted by Gasteiger charge is 2.12. The quantitative estimate of drug-likeness (QED) is 0.631. The van der Waals surface area contributed by atoms with E-state index >= 15 is 0 Å². The van der Waals surface area contributed by atoms with Gasteiger partial charge in [0.25, 0.3) is 0 Å². The van der Waals surface area contributed by atoms with Gasteiger partial charge in [-0.05, 0) is 5.56 Å². The van der Waals surface area contributed by atoms with Crippen LogP contribution in [0.4, 0.5) is 0 Å². The van der Waals surface area contributed by atoms with Crippen molar-refractivity contribution in [3.05, 3.63) is 42.0 Å². The monoisotopic (exact) mass is 287 g/mol. The summed E-state index contributed by atoms with van der Waals surface area (Å²) >= 11 is 5.39. The maximum Gasteiger partial charge on any atom is 0.249 e. The number of carbonyl (C=O) groups excluding carboxylic acids is 1. The minimum atomic E-state index is -3.28. The second-order valence-electron chi connectivity index (χ2n) is 3.65. The molecule has 0 radical (unpaired) electrons. The van der Waals surface area contributed by atoms with Crippen LogP contribution in [0.2, 0.25) is 0 Å². The molecule has 0 fully saturated rings. The number of nitrogens with two attached hydrogens (primary N) is 1. The van der Waals surface area contributed by atoms with Gasteiger partial charge in [-0.3, -0.25) is 4.79 Å². The summed E-state index contributed by atoms with van der Waals surface area (Å²) in [5.41, 5.74) is 6.05. The number of rotatable bonds is 6. The van der Waals surface area contributed by atoms with Crippen LogP contribution < -0.4 is 5.73 Å². The van der Waals surface area contributed by atoms with Crippen LogP contribution in [0.5, 0.6) is 0 Å². The Labute approximate surface area is 111 Å². The first kappa shape index (κ1) is 14.7. The van der Waals surface area contributed by atoms with Gasteiger partial charge >= 0.3 is 0 Å². The van der Waals surface area contributed by atoms with E-state index in [1.54, 1.807) is 30.3 Å². The first-order chi connectivity index (χ1) is 8.46. The molecule has 4 nitrogen and oxygen atoms in total. The molecular weight excluding hydrogens is 274 g/mol. The maximum atomic E-state index is 11.5. The van der Waals surface area contributed by atoms with Crippen molar-refractivity contribution in [1.29, 1.82) is 0 Å². The fraction of sp³-hybridized carbons (Fsp3) is 0.250. The lowest BCUT2D eigenvalue weighted by atomic mass is 10.1.